The van der Waals surface area contributed by atoms with E-state index in [2.05, 4.69) is 0 Å². The molecule has 16 heavy (non-hydrogen) atoms. The zero-order valence-electron chi connectivity index (χ0n) is 9.21. The molecule has 86 valence electrons. The Morgan fingerprint density at radius 3 is 2.62 bits per heavy atom. The first-order valence-electron chi connectivity index (χ1n) is 4.97. The molecule has 0 fully saturated rings. The first-order valence-corrected chi connectivity index (χ1v) is 5.85. The Bertz CT molecular complexity index is 462. The Hall–Kier alpha value is -0.940. The number of aliphatic hydroxyl groups excluding tert-OH is 1. The Kier molecular flexibility index (Phi) is 3.56. The van der Waals surface area contributed by atoms with Crippen molar-refractivity contribution in [2.24, 2.45) is 0 Å². The highest BCUT2D eigenvalue weighted by molar-refractivity contribution is 7.17. The third-order valence-corrected chi connectivity index (χ3v) is 3.53. The van der Waals surface area contributed by atoms with Crippen LogP contribution in [0.5, 0.6) is 0 Å². The van der Waals surface area contributed by atoms with E-state index in [0.717, 1.165) is 15.6 Å². The Balaban J connectivity index is 2.42. The van der Waals surface area contributed by atoms with E-state index in [0.29, 0.717) is 0 Å². The second kappa shape index (κ2) is 4.93. The molecule has 0 aliphatic heterocycles. The van der Waals surface area contributed by atoms with Crippen LogP contribution in [0.1, 0.15) is 11.7 Å². The van der Waals surface area contributed by atoms with Crippen molar-refractivity contribution in [2.75, 3.05) is 14.2 Å². The molecule has 0 aliphatic rings. The maximum absolute atomic E-state index is 10.2. The minimum atomic E-state index is -0.766. The summed E-state index contributed by atoms with van der Waals surface area (Å²) in [4.78, 5) is 0. The molecule has 4 heteroatoms. The van der Waals surface area contributed by atoms with Crippen LogP contribution in [0, 0.1) is 0 Å². The number of thiophene rings is 1. The van der Waals surface area contributed by atoms with Crippen molar-refractivity contribution in [1.82, 2.24) is 0 Å². The Morgan fingerprint density at radius 2 is 1.94 bits per heavy atom. The number of hydrogen-bond donors (Lipinski definition) is 1. The van der Waals surface area contributed by atoms with Crippen LogP contribution in [-0.2, 0) is 9.47 Å². The quantitative estimate of drug-likeness (QED) is 0.832. The second-order valence-electron chi connectivity index (χ2n) is 3.47. The van der Waals surface area contributed by atoms with Crippen LogP contribution in [0.15, 0.2) is 29.6 Å². The molecular weight excluding hydrogens is 224 g/mol. The lowest BCUT2D eigenvalue weighted by molar-refractivity contribution is -0.165. The summed E-state index contributed by atoms with van der Waals surface area (Å²) in [6.07, 6.45) is -1.40. The molecule has 1 unspecified atom stereocenters. The molecule has 1 atom stereocenters. The number of rotatable bonds is 4. The molecule has 3 nitrogen and oxygen atoms in total. The number of fused-ring (bicyclic) bond motifs is 1. The van der Waals surface area contributed by atoms with Gasteiger partial charge in [-0.3, -0.25) is 0 Å². The summed E-state index contributed by atoms with van der Waals surface area (Å²) in [6.45, 7) is 0. The van der Waals surface area contributed by atoms with Gasteiger partial charge in [-0.25, -0.2) is 0 Å². The molecule has 0 saturated carbocycles. The minimum absolute atomic E-state index is 0.632. The summed E-state index contributed by atoms with van der Waals surface area (Å²) < 4.78 is 11.2. The van der Waals surface area contributed by atoms with Gasteiger partial charge < -0.3 is 14.6 Å². The molecule has 1 aromatic carbocycles. The molecule has 0 aliphatic carbocycles. The van der Waals surface area contributed by atoms with Gasteiger partial charge in [0.2, 0.25) is 0 Å². The lowest BCUT2D eigenvalue weighted by atomic mass is 10.1. The summed E-state index contributed by atoms with van der Waals surface area (Å²) in [6, 6.07) is 7.88. The lowest BCUT2D eigenvalue weighted by Gasteiger charge is -2.20. The van der Waals surface area contributed by atoms with Gasteiger partial charge in [0.25, 0.3) is 0 Å². The lowest BCUT2D eigenvalue weighted by Crippen LogP contribution is -2.22. The van der Waals surface area contributed by atoms with E-state index in [4.69, 9.17) is 9.47 Å². The van der Waals surface area contributed by atoms with Crippen LogP contribution in [0.2, 0.25) is 0 Å². The highest BCUT2D eigenvalue weighted by atomic mass is 32.1. The fourth-order valence-corrected chi connectivity index (χ4v) is 2.70. The number of ether oxygens (including phenoxy) is 2. The molecule has 0 saturated heterocycles. The molecule has 0 spiro atoms. The van der Waals surface area contributed by atoms with Crippen molar-refractivity contribution in [2.45, 2.75) is 12.4 Å². The molecular formula is C12H14O3S. The molecule has 0 radical (unpaired) electrons. The van der Waals surface area contributed by atoms with Crippen molar-refractivity contribution in [1.29, 1.82) is 0 Å². The maximum Gasteiger partial charge on any atom is 0.187 e. The van der Waals surface area contributed by atoms with Crippen molar-refractivity contribution in [3.63, 3.8) is 0 Å². The third kappa shape index (κ3) is 1.97. The molecule has 2 rings (SSSR count). The van der Waals surface area contributed by atoms with Gasteiger partial charge in [-0.15, -0.1) is 11.3 Å². The van der Waals surface area contributed by atoms with Crippen LogP contribution >= 0.6 is 11.3 Å². The zero-order chi connectivity index (χ0) is 11.5. The second-order valence-corrected chi connectivity index (χ2v) is 4.39. The normalized spacial score (nSPS) is 13.5. The van der Waals surface area contributed by atoms with Gasteiger partial charge in [0.1, 0.15) is 6.10 Å². The number of benzene rings is 1. The average molecular weight is 238 g/mol. The molecule has 1 N–H and O–H groups in total. The first-order chi connectivity index (χ1) is 7.77. The van der Waals surface area contributed by atoms with Gasteiger partial charge in [0.15, 0.2) is 6.29 Å². The average Bonchev–Trinajstić information content (AvgIpc) is 2.78. The first kappa shape index (κ1) is 11.5. The monoisotopic (exact) mass is 238 g/mol. The number of aliphatic hydroxyl groups is 1. The third-order valence-electron chi connectivity index (χ3n) is 2.55. The van der Waals surface area contributed by atoms with Crippen molar-refractivity contribution >= 4 is 21.4 Å². The van der Waals surface area contributed by atoms with Crippen molar-refractivity contribution in [3.05, 3.63) is 35.2 Å². The fourth-order valence-electron chi connectivity index (χ4n) is 1.75. The Morgan fingerprint density at radius 1 is 1.19 bits per heavy atom. The summed E-state index contributed by atoms with van der Waals surface area (Å²) >= 11 is 1.61. The van der Waals surface area contributed by atoms with Gasteiger partial charge in [-0.05, 0) is 16.8 Å². The van der Waals surface area contributed by atoms with Gasteiger partial charge in [0.05, 0.1) is 0 Å². The smallest absolute Gasteiger partial charge is 0.187 e. The fraction of sp³-hybridized carbons (Fsp3) is 0.333. The largest absolute Gasteiger partial charge is 0.383 e. The molecule has 1 aromatic heterocycles. The standard InChI is InChI=1S/C12H14O3S/c1-14-12(15-2)10(13)9-5-3-4-8-6-7-16-11(8)9/h3-7,10,12-13H,1-2H3. The van der Waals surface area contributed by atoms with E-state index in [9.17, 15) is 5.11 Å². The molecule has 2 aromatic rings. The minimum Gasteiger partial charge on any atom is -0.383 e. The van der Waals surface area contributed by atoms with Crippen LogP contribution in [0.25, 0.3) is 10.1 Å². The van der Waals surface area contributed by atoms with Gasteiger partial charge in [0, 0.05) is 24.5 Å². The van der Waals surface area contributed by atoms with Crippen molar-refractivity contribution < 1.29 is 14.6 Å². The van der Waals surface area contributed by atoms with E-state index in [1.165, 1.54) is 14.2 Å². The highest BCUT2D eigenvalue weighted by Crippen LogP contribution is 2.31. The molecule has 0 bridgehead atoms. The summed E-state index contributed by atoms with van der Waals surface area (Å²) in [5.41, 5.74) is 0.848. The van der Waals surface area contributed by atoms with Gasteiger partial charge in [-0.2, -0.15) is 0 Å². The number of methoxy groups -OCH3 is 2. The molecule has 0 amide bonds. The van der Waals surface area contributed by atoms with Gasteiger partial charge >= 0.3 is 0 Å². The van der Waals surface area contributed by atoms with E-state index < -0.39 is 12.4 Å². The SMILES string of the molecule is COC(OC)C(O)c1cccc2ccsc12. The van der Waals surface area contributed by atoms with Crippen LogP contribution < -0.4 is 0 Å². The summed E-state index contributed by atoms with van der Waals surface area (Å²) in [7, 11) is 3.04. The zero-order valence-corrected chi connectivity index (χ0v) is 10.0. The van der Waals surface area contributed by atoms with E-state index in [1.807, 2.05) is 29.6 Å². The van der Waals surface area contributed by atoms with Crippen molar-refractivity contribution in [3.8, 4) is 0 Å². The molecule has 1 heterocycles. The highest BCUT2D eigenvalue weighted by Gasteiger charge is 2.22. The predicted molar refractivity (Wildman–Crippen MR) is 64.6 cm³/mol. The Labute approximate surface area is 98.2 Å². The maximum atomic E-state index is 10.2. The topological polar surface area (TPSA) is 38.7 Å². The van der Waals surface area contributed by atoms with E-state index in [-0.39, 0.29) is 0 Å². The predicted octanol–water partition coefficient (Wildman–Crippen LogP) is 2.55. The number of hydrogen-bond acceptors (Lipinski definition) is 4. The summed E-state index contributed by atoms with van der Waals surface area (Å²) in [5.74, 6) is 0. The van der Waals surface area contributed by atoms with Crippen LogP contribution in [-0.4, -0.2) is 25.6 Å². The van der Waals surface area contributed by atoms with E-state index >= 15 is 0 Å². The van der Waals surface area contributed by atoms with E-state index in [1.54, 1.807) is 11.3 Å². The summed E-state index contributed by atoms with van der Waals surface area (Å²) in [5, 5.41) is 13.3. The van der Waals surface area contributed by atoms with Crippen LogP contribution in [0.3, 0.4) is 0 Å². The van der Waals surface area contributed by atoms with Crippen LogP contribution in [0.4, 0.5) is 0 Å². The van der Waals surface area contributed by atoms with Gasteiger partial charge in [-0.1, -0.05) is 18.2 Å².